The van der Waals surface area contributed by atoms with Gasteiger partial charge in [-0.15, -0.1) is 0 Å². The number of halogens is 3. The Balaban J connectivity index is 1.43. The van der Waals surface area contributed by atoms with Crippen LogP contribution in [0.5, 0.6) is 5.75 Å². The highest BCUT2D eigenvalue weighted by Gasteiger charge is 2.21. The molecule has 6 N–H and O–H groups in total. The zero-order chi connectivity index (χ0) is 27.9. The summed E-state index contributed by atoms with van der Waals surface area (Å²) in [6.45, 7) is -3.50. The number of carbonyl (C=O) groups excluding carboxylic acids is 2. The van der Waals surface area contributed by atoms with E-state index in [9.17, 15) is 32.7 Å². The number of hydrogen-bond acceptors (Lipinski definition) is 8. The van der Waals surface area contributed by atoms with Crippen molar-refractivity contribution in [3.05, 3.63) is 53.7 Å². The van der Waals surface area contributed by atoms with Gasteiger partial charge in [-0.3, -0.25) is 19.5 Å². The molecule has 0 bridgehead atoms. The highest BCUT2D eigenvalue weighted by Crippen LogP contribution is 2.25. The molecule has 206 valence electrons. The van der Waals surface area contributed by atoms with E-state index in [1.165, 1.54) is 42.6 Å². The number of hydrogen-bond donors (Lipinski definition) is 6. The summed E-state index contributed by atoms with van der Waals surface area (Å²) >= 11 is 0. The Hall–Kier alpha value is -4.82. The second-order valence-corrected chi connectivity index (χ2v) is 8.50. The molecular formula is C24H24F3N7O5. The summed E-state index contributed by atoms with van der Waals surface area (Å²) in [5.74, 6) is -2.43. The lowest BCUT2D eigenvalue weighted by Gasteiger charge is -2.19. The van der Waals surface area contributed by atoms with E-state index in [4.69, 9.17) is 0 Å². The van der Waals surface area contributed by atoms with E-state index in [2.05, 4.69) is 41.2 Å². The monoisotopic (exact) mass is 547 g/mol. The summed E-state index contributed by atoms with van der Waals surface area (Å²) in [5.41, 5.74) is 1.38. The molecule has 4 rings (SSSR count). The van der Waals surface area contributed by atoms with E-state index in [1.54, 1.807) is 0 Å². The number of H-pyrrole nitrogens is 1. The van der Waals surface area contributed by atoms with Crippen LogP contribution in [0.25, 0.3) is 10.9 Å². The number of ether oxygens (including phenoxy) is 1. The van der Waals surface area contributed by atoms with Crippen molar-refractivity contribution in [3.63, 3.8) is 0 Å². The van der Waals surface area contributed by atoms with Crippen LogP contribution in [0.3, 0.4) is 0 Å². The van der Waals surface area contributed by atoms with Gasteiger partial charge in [-0.2, -0.15) is 13.9 Å². The number of rotatable bonds is 10. The van der Waals surface area contributed by atoms with E-state index in [0.717, 1.165) is 0 Å². The quantitative estimate of drug-likeness (QED) is 0.224. The summed E-state index contributed by atoms with van der Waals surface area (Å²) in [6.07, 6.45) is -0.0968. The third kappa shape index (κ3) is 7.37. The smallest absolute Gasteiger partial charge is 0.387 e. The molecule has 0 saturated carbocycles. The lowest BCUT2D eigenvalue weighted by Crippen LogP contribution is -2.41. The van der Waals surface area contributed by atoms with Crippen LogP contribution in [-0.4, -0.2) is 71.5 Å². The topological polar surface area (TPSA) is 170 Å². The fourth-order valence-electron chi connectivity index (χ4n) is 3.86. The highest BCUT2D eigenvalue weighted by atomic mass is 19.3. The predicted molar refractivity (Wildman–Crippen MR) is 133 cm³/mol. The molecule has 2 amide bonds. The fourth-order valence-corrected chi connectivity index (χ4v) is 3.86. The Bertz CT molecular complexity index is 1400. The molecule has 0 saturated heterocycles. The Morgan fingerprint density at radius 1 is 1.21 bits per heavy atom. The predicted octanol–water partition coefficient (Wildman–Crippen LogP) is 1.94. The summed E-state index contributed by atoms with van der Waals surface area (Å²) in [5, 5.41) is 27.4. The number of alkyl halides is 3. The Morgan fingerprint density at radius 3 is 2.74 bits per heavy atom. The first-order valence-electron chi connectivity index (χ1n) is 11.7. The summed E-state index contributed by atoms with van der Waals surface area (Å²) in [6, 6.07) is 7.28. The zero-order valence-electron chi connectivity index (χ0n) is 20.2. The van der Waals surface area contributed by atoms with Gasteiger partial charge in [0.1, 0.15) is 11.9 Å². The second kappa shape index (κ2) is 12.1. The largest absolute Gasteiger partial charge is 0.481 e. The molecular weight excluding hydrogens is 523 g/mol. The van der Waals surface area contributed by atoms with Gasteiger partial charge in [0.05, 0.1) is 49.5 Å². The molecule has 2 atom stereocenters. The highest BCUT2D eigenvalue weighted by molar-refractivity contribution is 6.07. The number of nitrogens with one attached hydrogen (secondary N) is 5. The third-order valence-electron chi connectivity index (χ3n) is 5.62. The van der Waals surface area contributed by atoms with Gasteiger partial charge in [0.25, 0.3) is 5.91 Å². The van der Waals surface area contributed by atoms with E-state index in [0.29, 0.717) is 22.5 Å². The summed E-state index contributed by atoms with van der Waals surface area (Å²) < 4.78 is 42.8. The van der Waals surface area contributed by atoms with Crippen molar-refractivity contribution in [1.29, 1.82) is 0 Å². The van der Waals surface area contributed by atoms with E-state index in [1.807, 2.05) is 0 Å². The molecule has 2 heterocycles. The molecule has 39 heavy (non-hydrogen) atoms. The van der Waals surface area contributed by atoms with Crippen molar-refractivity contribution in [2.45, 2.75) is 25.2 Å². The molecule has 0 fully saturated rings. The van der Waals surface area contributed by atoms with Gasteiger partial charge < -0.3 is 31.1 Å². The fraction of sp³-hybridized carbons (Fsp3) is 0.292. The molecule has 1 aliphatic rings. The normalized spacial score (nSPS) is 15.7. The zero-order valence-corrected chi connectivity index (χ0v) is 20.2. The number of aromatic nitrogens is 2. The van der Waals surface area contributed by atoms with Crippen LogP contribution >= 0.6 is 0 Å². The lowest BCUT2D eigenvalue weighted by atomic mass is 10.0. The molecule has 0 radical (unpaired) electrons. The van der Waals surface area contributed by atoms with Crippen molar-refractivity contribution in [2.75, 3.05) is 25.0 Å². The maximum atomic E-state index is 13.4. The molecule has 0 aliphatic carbocycles. The molecule has 15 heteroatoms. The average Bonchev–Trinajstić information content (AvgIpc) is 3.37. The number of aliphatic carboxylic acids is 1. The molecule has 3 aromatic rings. The number of nitrogens with zero attached hydrogens (tertiary/aromatic N) is 2. The van der Waals surface area contributed by atoms with Gasteiger partial charge in [-0.1, -0.05) is 12.1 Å². The number of fused-ring (bicyclic) bond motifs is 1. The van der Waals surface area contributed by atoms with Crippen LogP contribution in [-0.2, 0) is 9.59 Å². The van der Waals surface area contributed by atoms with Crippen molar-refractivity contribution in [3.8, 4) is 5.75 Å². The number of guanidine groups is 1. The van der Waals surface area contributed by atoms with Gasteiger partial charge in [-0.25, -0.2) is 9.38 Å². The molecule has 1 aliphatic heterocycles. The molecule has 2 aromatic carbocycles. The SMILES string of the molecule is O=C(O)C[C@H](NC(=O)CNC(=O)c1cc(NC2=NCC(F)CN2)c2cn[nH]c2c1)c1cccc(OC(F)F)c1. The van der Waals surface area contributed by atoms with Crippen LogP contribution in [0, 0.1) is 0 Å². The first kappa shape index (κ1) is 27.2. The average molecular weight is 547 g/mol. The molecule has 12 nitrogen and oxygen atoms in total. The molecule has 0 spiro atoms. The minimum Gasteiger partial charge on any atom is -0.481 e. The van der Waals surface area contributed by atoms with Crippen molar-refractivity contribution < 1.29 is 37.4 Å². The van der Waals surface area contributed by atoms with Crippen LogP contribution < -0.4 is 26.0 Å². The van der Waals surface area contributed by atoms with Gasteiger partial charge in [0, 0.05) is 10.9 Å². The maximum absolute atomic E-state index is 13.4. The number of carboxylic acid groups (broad SMARTS) is 1. The number of amides is 2. The van der Waals surface area contributed by atoms with Crippen molar-refractivity contribution in [2.24, 2.45) is 4.99 Å². The Morgan fingerprint density at radius 2 is 2.03 bits per heavy atom. The first-order valence-corrected chi connectivity index (χ1v) is 11.7. The Labute approximate surface area is 219 Å². The van der Waals surface area contributed by atoms with Crippen molar-refractivity contribution in [1.82, 2.24) is 26.1 Å². The number of benzene rings is 2. The minimum atomic E-state index is -3.07. The van der Waals surface area contributed by atoms with Crippen LogP contribution in [0.1, 0.15) is 28.4 Å². The van der Waals surface area contributed by atoms with Crippen LogP contribution in [0.15, 0.2) is 47.6 Å². The third-order valence-corrected chi connectivity index (χ3v) is 5.62. The summed E-state index contributed by atoms with van der Waals surface area (Å²) in [4.78, 5) is 40.8. The van der Waals surface area contributed by atoms with Gasteiger partial charge in [0.2, 0.25) is 5.91 Å². The number of aliphatic imine (C=N–C) groups is 1. The number of aromatic amines is 1. The molecule has 1 aromatic heterocycles. The Kier molecular flexibility index (Phi) is 8.48. The van der Waals surface area contributed by atoms with Crippen LogP contribution in [0.4, 0.5) is 18.9 Å². The number of anilines is 1. The standard InChI is InChI=1S/C24H24F3N7O5/c25-14-8-29-24(30-9-14)33-18-5-13(6-19-16(18)10-31-34-19)22(38)28-11-20(35)32-17(7-21(36)37)12-2-1-3-15(4-12)39-23(26)27/h1-6,10,14,17,23H,7-9,11H2,(H,28,38)(H,31,34)(H,32,35)(H,36,37)(H2,29,30,33)/t17-/m0/s1. The number of carboxylic acids is 1. The van der Waals surface area contributed by atoms with E-state index in [-0.39, 0.29) is 30.0 Å². The summed E-state index contributed by atoms with van der Waals surface area (Å²) in [7, 11) is 0. The lowest BCUT2D eigenvalue weighted by molar-refractivity contribution is -0.137. The van der Waals surface area contributed by atoms with E-state index < -0.39 is 49.6 Å². The van der Waals surface area contributed by atoms with Gasteiger partial charge in [0.15, 0.2) is 5.96 Å². The number of carbonyl (C=O) groups is 3. The second-order valence-electron chi connectivity index (χ2n) is 8.50. The first-order chi connectivity index (χ1) is 18.7. The van der Waals surface area contributed by atoms with Gasteiger partial charge >= 0.3 is 12.6 Å². The van der Waals surface area contributed by atoms with Crippen molar-refractivity contribution >= 4 is 40.3 Å². The molecule has 1 unspecified atom stereocenters. The van der Waals surface area contributed by atoms with Gasteiger partial charge in [-0.05, 0) is 29.8 Å². The van der Waals surface area contributed by atoms with Crippen LogP contribution in [0.2, 0.25) is 0 Å². The maximum Gasteiger partial charge on any atom is 0.387 e. The minimum absolute atomic E-state index is 0.00837. The van der Waals surface area contributed by atoms with E-state index >= 15 is 0 Å².